The third-order valence-electron chi connectivity index (χ3n) is 4.43. The summed E-state index contributed by atoms with van der Waals surface area (Å²) < 4.78 is 51.3. The Morgan fingerprint density at radius 1 is 1.19 bits per heavy atom. The molecule has 0 spiro atoms. The van der Waals surface area contributed by atoms with E-state index in [-0.39, 0.29) is 24.6 Å². The van der Waals surface area contributed by atoms with Crippen molar-refractivity contribution >= 4 is 17.5 Å². The van der Waals surface area contributed by atoms with Crippen LogP contribution in [0.3, 0.4) is 0 Å². The molecule has 0 fully saturated rings. The first-order valence-corrected chi connectivity index (χ1v) is 8.15. The summed E-state index contributed by atoms with van der Waals surface area (Å²) in [4.78, 5) is 26.0. The molecule has 2 amide bonds. The van der Waals surface area contributed by atoms with Gasteiger partial charge in [0.05, 0.1) is 11.5 Å². The smallest absolute Gasteiger partial charge is 0.341 e. The van der Waals surface area contributed by atoms with Crippen molar-refractivity contribution in [2.45, 2.75) is 25.1 Å². The average Bonchev–Trinajstić information content (AvgIpc) is 2.59. The molecular formula is C19H16F4N2O2. The van der Waals surface area contributed by atoms with E-state index in [0.717, 1.165) is 18.2 Å². The highest BCUT2D eigenvalue weighted by Gasteiger charge is 2.33. The number of halogens is 4. The molecule has 1 atom stereocenters. The fraction of sp³-hybridized carbons (Fsp3) is 0.263. The minimum atomic E-state index is -4.42. The van der Waals surface area contributed by atoms with Crippen LogP contribution < -0.4 is 5.32 Å². The van der Waals surface area contributed by atoms with Gasteiger partial charge < -0.3 is 10.2 Å². The van der Waals surface area contributed by atoms with Gasteiger partial charge in [-0.25, -0.2) is 4.39 Å². The number of hydrogen-bond acceptors (Lipinski definition) is 2. The van der Waals surface area contributed by atoms with E-state index in [2.05, 4.69) is 5.32 Å². The Morgan fingerprint density at radius 3 is 2.48 bits per heavy atom. The van der Waals surface area contributed by atoms with Gasteiger partial charge in [-0.1, -0.05) is 18.2 Å². The molecule has 0 aromatic heterocycles. The van der Waals surface area contributed by atoms with Gasteiger partial charge in [0.15, 0.2) is 0 Å². The Kier molecular flexibility index (Phi) is 4.91. The molecule has 3 rings (SSSR count). The van der Waals surface area contributed by atoms with Gasteiger partial charge in [0.1, 0.15) is 5.82 Å². The molecule has 2 aromatic rings. The molecule has 4 nitrogen and oxygen atoms in total. The van der Waals surface area contributed by atoms with Crippen molar-refractivity contribution < 1.29 is 27.2 Å². The Morgan fingerprint density at radius 2 is 1.85 bits per heavy atom. The van der Waals surface area contributed by atoms with Gasteiger partial charge in [0.25, 0.3) is 0 Å². The third-order valence-corrected chi connectivity index (χ3v) is 4.43. The van der Waals surface area contributed by atoms with Crippen LogP contribution in [0.4, 0.5) is 23.2 Å². The minimum Gasteiger partial charge on any atom is -0.341 e. The van der Waals surface area contributed by atoms with E-state index in [1.807, 2.05) is 0 Å². The summed E-state index contributed by atoms with van der Waals surface area (Å²) in [5.74, 6) is -2.05. The fourth-order valence-corrected chi connectivity index (χ4v) is 3.07. The number of anilines is 1. The number of rotatable bonds is 3. The maximum absolute atomic E-state index is 13.4. The lowest BCUT2D eigenvalue weighted by molar-refractivity contribution is -0.137. The van der Waals surface area contributed by atoms with Crippen LogP contribution in [0.1, 0.15) is 29.0 Å². The van der Waals surface area contributed by atoms with Crippen molar-refractivity contribution in [2.24, 2.45) is 0 Å². The van der Waals surface area contributed by atoms with Crippen molar-refractivity contribution in [2.75, 3.05) is 12.4 Å². The van der Waals surface area contributed by atoms with Crippen LogP contribution >= 0.6 is 0 Å². The zero-order valence-electron chi connectivity index (χ0n) is 14.3. The Balaban J connectivity index is 1.77. The molecule has 2 aromatic carbocycles. The second kappa shape index (κ2) is 7.02. The minimum absolute atomic E-state index is 0.0746. The molecule has 142 valence electrons. The Bertz CT molecular complexity index is 878. The lowest BCUT2D eigenvalue weighted by Crippen LogP contribution is -2.36. The zero-order chi connectivity index (χ0) is 19.8. The number of carbonyl (C=O) groups excluding carboxylic acids is 2. The van der Waals surface area contributed by atoms with Gasteiger partial charge in [-0.05, 0) is 35.4 Å². The first-order chi connectivity index (χ1) is 12.6. The normalized spacial score (nSPS) is 16.5. The summed E-state index contributed by atoms with van der Waals surface area (Å²) >= 11 is 0. The summed E-state index contributed by atoms with van der Waals surface area (Å²) in [5, 5.41) is 2.54. The molecule has 27 heavy (non-hydrogen) atoms. The second-order valence-corrected chi connectivity index (χ2v) is 6.43. The number of fused-ring (bicyclic) bond motifs is 1. The predicted octanol–water partition coefficient (Wildman–Crippen LogP) is 3.93. The van der Waals surface area contributed by atoms with E-state index in [9.17, 15) is 27.2 Å². The van der Waals surface area contributed by atoms with Crippen LogP contribution in [0.25, 0.3) is 0 Å². The van der Waals surface area contributed by atoms with E-state index in [4.69, 9.17) is 0 Å². The maximum Gasteiger partial charge on any atom is 0.416 e. The van der Waals surface area contributed by atoms with Crippen molar-refractivity contribution in [3.05, 3.63) is 65.0 Å². The molecule has 1 N–H and O–H groups in total. The molecule has 0 aliphatic carbocycles. The molecule has 1 unspecified atom stereocenters. The van der Waals surface area contributed by atoms with Crippen LogP contribution in [-0.2, 0) is 22.3 Å². The first-order valence-electron chi connectivity index (χ1n) is 8.15. The number of nitrogens with one attached hydrogen (secondary N) is 1. The topological polar surface area (TPSA) is 49.4 Å². The number of benzene rings is 2. The molecule has 8 heteroatoms. The standard InChI is InChI=1S/C19H16F4N2O2/c1-25(10-11-2-4-12(5-3-11)19(21,22)23)18(27)15-9-17(26)24-16-8-13(20)6-7-14(15)16/h2-8,15H,9-10H2,1H3,(H,24,26). The van der Waals surface area contributed by atoms with Crippen molar-refractivity contribution in [1.29, 1.82) is 0 Å². The predicted molar refractivity (Wildman–Crippen MR) is 90.3 cm³/mol. The van der Waals surface area contributed by atoms with Crippen LogP contribution in [0, 0.1) is 5.82 Å². The summed E-state index contributed by atoms with van der Waals surface area (Å²) in [6, 6.07) is 8.36. The van der Waals surface area contributed by atoms with Crippen LogP contribution in [0.5, 0.6) is 0 Å². The van der Waals surface area contributed by atoms with Gasteiger partial charge >= 0.3 is 6.18 Å². The van der Waals surface area contributed by atoms with Crippen LogP contribution in [0.2, 0.25) is 0 Å². The van der Waals surface area contributed by atoms with E-state index >= 15 is 0 Å². The highest BCUT2D eigenvalue weighted by Crippen LogP contribution is 2.34. The summed E-state index contributed by atoms with van der Waals surface area (Å²) in [6.45, 7) is 0.0889. The van der Waals surface area contributed by atoms with Gasteiger partial charge in [-0.15, -0.1) is 0 Å². The first kappa shape index (κ1) is 18.9. The van der Waals surface area contributed by atoms with Gasteiger partial charge in [-0.2, -0.15) is 13.2 Å². The zero-order valence-corrected chi connectivity index (χ0v) is 14.3. The van der Waals surface area contributed by atoms with Gasteiger partial charge in [-0.3, -0.25) is 9.59 Å². The number of likely N-dealkylation sites (N-methyl/N-ethyl adjacent to an activating group) is 1. The monoisotopic (exact) mass is 380 g/mol. The van der Waals surface area contributed by atoms with Gasteiger partial charge in [0.2, 0.25) is 11.8 Å². The van der Waals surface area contributed by atoms with Crippen molar-refractivity contribution in [3.8, 4) is 0 Å². The molecule has 1 aliphatic heterocycles. The van der Waals surface area contributed by atoms with Gasteiger partial charge in [0, 0.05) is 25.7 Å². The van der Waals surface area contributed by atoms with Crippen molar-refractivity contribution in [1.82, 2.24) is 4.90 Å². The number of nitrogens with zero attached hydrogens (tertiary/aromatic N) is 1. The fourth-order valence-electron chi connectivity index (χ4n) is 3.07. The van der Waals surface area contributed by atoms with E-state index in [1.165, 1.54) is 36.2 Å². The largest absolute Gasteiger partial charge is 0.416 e. The SMILES string of the molecule is CN(Cc1ccc(C(F)(F)F)cc1)C(=O)C1CC(=O)Nc2cc(F)ccc21. The number of carbonyl (C=O) groups is 2. The Labute approximate surface area is 152 Å². The quantitative estimate of drug-likeness (QED) is 0.821. The molecular weight excluding hydrogens is 364 g/mol. The molecule has 1 aliphatic rings. The number of hydrogen-bond donors (Lipinski definition) is 1. The lowest BCUT2D eigenvalue weighted by Gasteiger charge is -2.28. The summed E-state index contributed by atoms with van der Waals surface area (Å²) in [7, 11) is 1.51. The molecule has 0 saturated carbocycles. The van der Waals surface area contributed by atoms with Crippen LogP contribution in [-0.4, -0.2) is 23.8 Å². The van der Waals surface area contributed by atoms with E-state index < -0.39 is 29.4 Å². The highest BCUT2D eigenvalue weighted by molar-refractivity contribution is 6.01. The number of amides is 2. The molecule has 1 heterocycles. The molecule has 0 radical (unpaired) electrons. The summed E-state index contributed by atoms with van der Waals surface area (Å²) in [6.07, 6.45) is -4.50. The maximum atomic E-state index is 13.4. The Hall–Kier alpha value is -2.90. The lowest BCUT2D eigenvalue weighted by atomic mass is 9.89. The van der Waals surface area contributed by atoms with E-state index in [1.54, 1.807) is 0 Å². The van der Waals surface area contributed by atoms with Crippen LogP contribution in [0.15, 0.2) is 42.5 Å². The van der Waals surface area contributed by atoms with E-state index in [0.29, 0.717) is 11.1 Å². The van der Waals surface area contributed by atoms with Crippen molar-refractivity contribution in [3.63, 3.8) is 0 Å². The second-order valence-electron chi connectivity index (χ2n) is 6.43. The number of alkyl halides is 3. The summed E-state index contributed by atoms with van der Waals surface area (Å²) in [5.41, 5.74) is 0.534. The highest BCUT2D eigenvalue weighted by atomic mass is 19.4. The average molecular weight is 380 g/mol. The molecule has 0 bridgehead atoms. The third kappa shape index (κ3) is 4.10. The molecule has 0 saturated heterocycles.